The summed E-state index contributed by atoms with van der Waals surface area (Å²) in [5, 5.41) is 5.00. The van der Waals surface area contributed by atoms with Crippen LogP contribution in [-0.2, 0) is 0 Å². The van der Waals surface area contributed by atoms with Gasteiger partial charge in [0, 0.05) is 17.0 Å². The van der Waals surface area contributed by atoms with Crippen LogP contribution in [0.3, 0.4) is 0 Å². The van der Waals surface area contributed by atoms with Crippen LogP contribution in [0.5, 0.6) is 0 Å². The lowest BCUT2D eigenvalue weighted by Gasteiger charge is -2.37. The van der Waals surface area contributed by atoms with Crippen molar-refractivity contribution < 1.29 is 4.42 Å². The van der Waals surface area contributed by atoms with E-state index in [1.54, 1.807) is 0 Å². The highest BCUT2D eigenvalue weighted by atomic mass is 16.3. The summed E-state index contributed by atoms with van der Waals surface area (Å²) >= 11 is 0. The Kier molecular flexibility index (Phi) is 4.34. The second kappa shape index (κ2) is 6.23. The third kappa shape index (κ3) is 2.87. The first kappa shape index (κ1) is 14.6. The van der Waals surface area contributed by atoms with Crippen molar-refractivity contribution in [2.24, 2.45) is 17.8 Å². The zero-order chi connectivity index (χ0) is 14.8. The first-order chi connectivity index (χ1) is 10.2. The summed E-state index contributed by atoms with van der Waals surface area (Å²) in [4.78, 5) is 0. The number of para-hydroxylation sites is 1. The van der Waals surface area contributed by atoms with Crippen LogP contribution in [-0.4, -0.2) is 6.54 Å². The summed E-state index contributed by atoms with van der Waals surface area (Å²) in [5.41, 5.74) is 2.35. The minimum Gasteiger partial charge on any atom is -0.464 e. The van der Waals surface area contributed by atoms with Gasteiger partial charge in [-0.15, -0.1) is 0 Å². The molecule has 2 nitrogen and oxygen atoms in total. The Morgan fingerprint density at radius 1 is 1.19 bits per heavy atom. The van der Waals surface area contributed by atoms with Crippen LogP contribution in [0, 0.1) is 17.8 Å². The maximum atomic E-state index is 5.78. The highest BCUT2D eigenvalue weighted by Gasteiger charge is 2.32. The van der Waals surface area contributed by atoms with Crippen LogP contribution in [0.4, 0.5) is 0 Å². The summed E-state index contributed by atoms with van der Waals surface area (Å²) in [6.07, 6.45) is 5.96. The fourth-order valence-electron chi connectivity index (χ4n) is 3.88. The van der Waals surface area contributed by atoms with Crippen molar-refractivity contribution in [2.45, 2.75) is 46.1 Å². The minimum atomic E-state index is 0.425. The van der Waals surface area contributed by atoms with Gasteiger partial charge in [0.1, 0.15) is 5.58 Å². The highest BCUT2D eigenvalue weighted by molar-refractivity contribution is 5.81. The highest BCUT2D eigenvalue weighted by Crippen LogP contribution is 2.41. The van der Waals surface area contributed by atoms with Gasteiger partial charge in [-0.05, 0) is 43.2 Å². The molecule has 0 amide bonds. The normalized spacial score (nSPS) is 27.9. The molecule has 114 valence electrons. The van der Waals surface area contributed by atoms with E-state index in [-0.39, 0.29) is 0 Å². The van der Waals surface area contributed by atoms with Gasteiger partial charge in [0.2, 0.25) is 0 Å². The molecule has 1 aliphatic rings. The number of benzene rings is 1. The Bertz CT molecular complexity index is 588. The number of nitrogens with one attached hydrogen (secondary N) is 1. The second-order valence-corrected chi connectivity index (χ2v) is 6.75. The predicted octanol–water partition coefficient (Wildman–Crippen LogP) is 5.16. The fraction of sp³-hybridized carbons (Fsp3) is 0.579. The van der Waals surface area contributed by atoms with E-state index in [4.69, 9.17) is 4.42 Å². The molecule has 1 heterocycles. The molecule has 4 atom stereocenters. The molecule has 3 rings (SSSR count). The molecule has 1 aliphatic carbocycles. The summed E-state index contributed by atoms with van der Waals surface area (Å²) in [6.45, 7) is 8.01. The van der Waals surface area contributed by atoms with E-state index in [2.05, 4.69) is 44.3 Å². The van der Waals surface area contributed by atoms with Gasteiger partial charge in [0.05, 0.1) is 6.26 Å². The topological polar surface area (TPSA) is 25.2 Å². The largest absolute Gasteiger partial charge is 0.464 e. The van der Waals surface area contributed by atoms with Crippen molar-refractivity contribution in [2.75, 3.05) is 6.54 Å². The van der Waals surface area contributed by atoms with Crippen molar-refractivity contribution in [3.63, 3.8) is 0 Å². The quantitative estimate of drug-likeness (QED) is 0.839. The number of hydrogen-bond acceptors (Lipinski definition) is 2. The molecule has 21 heavy (non-hydrogen) atoms. The second-order valence-electron chi connectivity index (χ2n) is 6.75. The predicted molar refractivity (Wildman–Crippen MR) is 88.3 cm³/mol. The summed E-state index contributed by atoms with van der Waals surface area (Å²) in [7, 11) is 0. The molecule has 2 aromatic rings. The smallest absolute Gasteiger partial charge is 0.134 e. The van der Waals surface area contributed by atoms with Crippen molar-refractivity contribution in [3.05, 3.63) is 36.1 Å². The number of rotatable bonds is 4. The van der Waals surface area contributed by atoms with Crippen LogP contribution in [0.25, 0.3) is 11.0 Å². The molecule has 4 unspecified atom stereocenters. The Balaban J connectivity index is 1.91. The first-order valence-electron chi connectivity index (χ1n) is 8.40. The lowest BCUT2D eigenvalue weighted by molar-refractivity contribution is 0.172. The summed E-state index contributed by atoms with van der Waals surface area (Å²) in [6, 6.07) is 8.83. The van der Waals surface area contributed by atoms with Gasteiger partial charge in [-0.3, -0.25) is 0 Å². The van der Waals surface area contributed by atoms with Crippen LogP contribution >= 0.6 is 0 Å². The molecular formula is C19H27NO. The molecular weight excluding hydrogens is 258 g/mol. The fourth-order valence-corrected chi connectivity index (χ4v) is 3.88. The van der Waals surface area contributed by atoms with Crippen LogP contribution in [0.2, 0.25) is 0 Å². The molecule has 1 N–H and O–H groups in total. The lowest BCUT2D eigenvalue weighted by Crippen LogP contribution is -2.33. The SMILES string of the molecule is CCNC(c1coc2ccccc12)C1CCC(C)C(C)C1. The standard InChI is InChI=1S/C19H27NO/c1-4-20-19(15-10-9-13(2)14(3)11-15)17-12-21-18-8-6-5-7-16(17)18/h5-8,12-15,19-20H,4,9-11H2,1-3H3. The third-order valence-electron chi connectivity index (χ3n) is 5.38. The van der Waals surface area contributed by atoms with E-state index >= 15 is 0 Å². The van der Waals surface area contributed by atoms with Gasteiger partial charge in [-0.1, -0.05) is 45.4 Å². The van der Waals surface area contributed by atoms with Crippen molar-refractivity contribution in [3.8, 4) is 0 Å². The van der Waals surface area contributed by atoms with Crippen LogP contribution < -0.4 is 5.32 Å². The van der Waals surface area contributed by atoms with Gasteiger partial charge in [0.15, 0.2) is 0 Å². The van der Waals surface area contributed by atoms with E-state index in [1.165, 1.54) is 30.2 Å². The van der Waals surface area contributed by atoms with Crippen molar-refractivity contribution in [1.29, 1.82) is 0 Å². The van der Waals surface area contributed by atoms with Gasteiger partial charge >= 0.3 is 0 Å². The molecule has 0 spiro atoms. The molecule has 1 fully saturated rings. The van der Waals surface area contributed by atoms with Crippen LogP contribution in [0.15, 0.2) is 34.9 Å². The average molecular weight is 285 g/mol. The monoisotopic (exact) mass is 285 g/mol. The van der Waals surface area contributed by atoms with Gasteiger partial charge in [0.25, 0.3) is 0 Å². The van der Waals surface area contributed by atoms with E-state index in [9.17, 15) is 0 Å². The molecule has 0 aliphatic heterocycles. The van der Waals surface area contributed by atoms with Crippen molar-refractivity contribution in [1.82, 2.24) is 5.32 Å². The number of hydrogen-bond donors (Lipinski definition) is 1. The first-order valence-corrected chi connectivity index (χ1v) is 8.40. The zero-order valence-corrected chi connectivity index (χ0v) is 13.4. The van der Waals surface area contributed by atoms with E-state index in [0.29, 0.717) is 6.04 Å². The van der Waals surface area contributed by atoms with E-state index in [1.807, 2.05) is 12.3 Å². The van der Waals surface area contributed by atoms with Gasteiger partial charge in [-0.25, -0.2) is 0 Å². The van der Waals surface area contributed by atoms with E-state index in [0.717, 1.165) is 29.9 Å². The molecule has 1 saturated carbocycles. The Hall–Kier alpha value is -1.28. The molecule has 0 bridgehead atoms. The summed E-state index contributed by atoms with van der Waals surface area (Å²) in [5.74, 6) is 2.41. The van der Waals surface area contributed by atoms with E-state index < -0.39 is 0 Å². The Morgan fingerprint density at radius 2 is 2.00 bits per heavy atom. The number of fused-ring (bicyclic) bond motifs is 1. The maximum absolute atomic E-state index is 5.78. The Morgan fingerprint density at radius 3 is 2.76 bits per heavy atom. The molecule has 0 radical (unpaired) electrons. The molecule has 1 aromatic carbocycles. The van der Waals surface area contributed by atoms with Crippen molar-refractivity contribution >= 4 is 11.0 Å². The molecule has 1 aromatic heterocycles. The molecule has 2 heteroatoms. The lowest BCUT2D eigenvalue weighted by atomic mass is 9.72. The minimum absolute atomic E-state index is 0.425. The van der Waals surface area contributed by atoms with Crippen LogP contribution in [0.1, 0.15) is 51.6 Å². The zero-order valence-electron chi connectivity index (χ0n) is 13.4. The average Bonchev–Trinajstić information content (AvgIpc) is 2.92. The Labute approximate surface area is 127 Å². The summed E-state index contributed by atoms with van der Waals surface area (Å²) < 4.78 is 5.78. The van der Waals surface area contributed by atoms with Gasteiger partial charge < -0.3 is 9.73 Å². The van der Waals surface area contributed by atoms with Gasteiger partial charge in [-0.2, -0.15) is 0 Å². The number of furan rings is 1. The third-order valence-corrected chi connectivity index (χ3v) is 5.38. The maximum Gasteiger partial charge on any atom is 0.134 e. The molecule has 0 saturated heterocycles.